The summed E-state index contributed by atoms with van der Waals surface area (Å²) in [7, 11) is 0. The number of anilines is 1. The zero-order valence-corrected chi connectivity index (χ0v) is 41.4. The van der Waals surface area contributed by atoms with Crippen LogP contribution in [0.1, 0.15) is 53.4 Å². The van der Waals surface area contributed by atoms with Gasteiger partial charge in [0.1, 0.15) is 12.7 Å². The van der Waals surface area contributed by atoms with Gasteiger partial charge in [-0.25, -0.2) is 9.97 Å². The number of fused-ring (bicyclic) bond motifs is 4. The average Bonchev–Trinajstić information content (AvgIpc) is 4.27. The van der Waals surface area contributed by atoms with Gasteiger partial charge in [-0.15, -0.1) is 20.4 Å². The van der Waals surface area contributed by atoms with Gasteiger partial charge in [0.15, 0.2) is 11.3 Å². The van der Waals surface area contributed by atoms with Gasteiger partial charge in [-0.2, -0.15) is 0 Å². The van der Waals surface area contributed by atoms with Crippen molar-refractivity contribution in [3.63, 3.8) is 0 Å². The Morgan fingerprint density at radius 1 is 0.592 bits per heavy atom. The lowest BCUT2D eigenvalue weighted by Gasteiger charge is -2.28. The summed E-state index contributed by atoms with van der Waals surface area (Å²) in [6.45, 7) is 13.0. The number of aromatic nitrogens is 10. The van der Waals surface area contributed by atoms with E-state index in [1.165, 1.54) is 35.5 Å². The largest absolute Gasteiger partial charge is 0.338 e. The fourth-order valence-electron chi connectivity index (χ4n) is 9.57. The van der Waals surface area contributed by atoms with Crippen molar-refractivity contribution in [2.24, 2.45) is 0 Å². The molecule has 0 spiro atoms. The smallest absolute Gasteiger partial charge is 0.213 e. The Balaban J connectivity index is 0.000000141. The Morgan fingerprint density at radius 3 is 1.69 bits per heavy atom. The molecular weight excluding hydrogens is 904 g/mol. The number of nitrogens with one attached hydrogen (secondary N) is 3. The van der Waals surface area contributed by atoms with Gasteiger partial charge < -0.3 is 20.9 Å². The van der Waals surface area contributed by atoms with Crippen LogP contribution in [0.3, 0.4) is 0 Å². The zero-order valence-electron chi connectivity index (χ0n) is 40.6. The van der Waals surface area contributed by atoms with Crippen LogP contribution >= 0.6 is 11.6 Å². The Kier molecular flexibility index (Phi) is 14.6. The van der Waals surface area contributed by atoms with E-state index in [9.17, 15) is 0 Å². The minimum atomic E-state index is 0.321. The van der Waals surface area contributed by atoms with Crippen molar-refractivity contribution in [1.29, 1.82) is 0 Å². The summed E-state index contributed by atoms with van der Waals surface area (Å²) in [6, 6.07) is 39.6. The van der Waals surface area contributed by atoms with Crippen molar-refractivity contribution >= 4 is 50.4 Å². The van der Waals surface area contributed by atoms with Gasteiger partial charge >= 0.3 is 0 Å². The minimum absolute atomic E-state index is 0.321. The Labute approximate surface area is 419 Å². The summed E-state index contributed by atoms with van der Waals surface area (Å²) < 4.78 is 3.75. The van der Waals surface area contributed by atoms with Crippen LogP contribution in [0.5, 0.6) is 0 Å². The molecule has 8 heterocycles. The summed E-state index contributed by atoms with van der Waals surface area (Å²) >= 11 is 6.36. The first-order chi connectivity index (χ1) is 34.8. The molecule has 2 fully saturated rings. The van der Waals surface area contributed by atoms with E-state index in [1.54, 1.807) is 29.4 Å². The van der Waals surface area contributed by atoms with E-state index in [2.05, 4.69) is 161 Å². The summed E-state index contributed by atoms with van der Waals surface area (Å²) in [5, 5.41) is 32.8. The highest BCUT2D eigenvalue weighted by atomic mass is 35.5. The second kappa shape index (κ2) is 21.8. The van der Waals surface area contributed by atoms with Gasteiger partial charge in [-0.1, -0.05) is 100 Å². The van der Waals surface area contributed by atoms with Gasteiger partial charge in [0, 0.05) is 79.7 Å². The van der Waals surface area contributed by atoms with Crippen molar-refractivity contribution in [1.82, 2.24) is 65.1 Å². The fourth-order valence-corrected chi connectivity index (χ4v) is 9.78. The maximum Gasteiger partial charge on any atom is 0.213 e. The van der Waals surface area contributed by atoms with E-state index < -0.39 is 0 Å². The molecule has 4 aromatic carbocycles. The summed E-state index contributed by atoms with van der Waals surface area (Å²) in [5.74, 6) is 0.898. The molecule has 360 valence electrons. The van der Waals surface area contributed by atoms with Gasteiger partial charge in [-0.05, 0) is 113 Å². The second-order valence-corrected chi connectivity index (χ2v) is 19.1. The molecular formula is C56H59ClN14. The van der Waals surface area contributed by atoms with Crippen LogP contribution in [0.2, 0.25) is 5.28 Å². The fraction of sp³-hybridized carbons (Fsp3) is 0.286. The zero-order chi connectivity index (χ0) is 48.7. The van der Waals surface area contributed by atoms with E-state index in [1.807, 2.05) is 48.8 Å². The number of rotatable bonds is 11. The molecule has 10 aromatic rings. The first kappa shape index (κ1) is 47.4. The highest BCUT2D eigenvalue weighted by Crippen LogP contribution is 2.39. The van der Waals surface area contributed by atoms with Gasteiger partial charge in [0.05, 0.1) is 22.5 Å². The van der Waals surface area contributed by atoms with Crippen LogP contribution in [-0.2, 0) is 0 Å². The third-order valence-electron chi connectivity index (χ3n) is 13.2. The molecule has 0 radical (unpaired) electrons. The molecule has 2 atom stereocenters. The lowest BCUT2D eigenvalue weighted by Crippen LogP contribution is -2.41. The molecule has 2 aliphatic rings. The molecule has 14 nitrogen and oxygen atoms in total. The van der Waals surface area contributed by atoms with Crippen molar-refractivity contribution in [2.45, 2.75) is 77.5 Å². The molecule has 0 saturated carbocycles. The lowest BCUT2D eigenvalue weighted by molar-refractivity contribution is 0.497. The Morgan fingerprint density at radius 2 is 1.13 bits per heavy atom. The number of halogens is 1. The summed E-state index contributed by atoms with van der Waals surface area (Å²) in [5.41, 5.74) is 9.06. The molecule has 0 amide bonds. The average molecular weight is 964 g/mol. The number of nitrogens with zero attached hydrogens (tertiary/aromatic N) is 11. The normalized spacial score (nSPS) is 15.7. The van der Waals surface area contributed by atoms with Crippen LogP contribution < -0.4 is 20.9 Å². The topological polar surface area (TPSA) is 151 Å². The van der Waals surface area contributed by atoms with Crippen molar-refractivity contribution in [2.75, 3.05) is 31.1 Å². The first-order valence-electron chi connectivity index (χ1n) is 24.7. The van der Waals surface area contributed by atoms with Crippen LogP contribution in [-0.4, -0.2) is 99.5 Å². The Bertz CT molecular complexity index is 3370. The standard InChI is InChI=1S/C28H29N7.C20H12ClN5.C8H18N2/c1-19(2)30-17-24-8-5-15-34(24)28-32-26(21-11-13-29-14-12-21)25(27-33-31-18-35(27)28)23-10-9-20-6-3-4-7-22(20)16-23;21-20-24-18(14-7-9-22-10-8-14)17(19-25-23-12-26(19)20)16-6-5-13-3-1-2-4-15(13)11-16;1-7(2)10-6-8-4-3-5-9-8/h3-4,6-7,9-14,16,18-19,24,30H,5,8,15,17H2,1-2H3;1-12H;7-10H,3-6H2,1-2H3/t24-;;8-/m0.0/s1. The Hall–Kier alpha value is -7.23. The summed E-state index contributed by atoms with van der Waals surface area (Å²) in [6.07, 6.45) is 15.5. The third-order valence-corrected chi connectivity index (χ3v) is 13.4. The molecule has 2 aliphatic heterocycles. The molecule has 15 heteroatoms. The van der Waals surface area contributed by atoms with E-state index in [-0.39, 0.29) is 0 Å². The number of pyridine rings is 2. The molecule has 6 aromatic heterocycles. The number of hydrogen-bond donors (Lipinski definition) is 3. The maximum atomic E-state index is 6.36. The SMILES string of the molecule is CC(C)NC[C@@H]1CCCN1.CC(C)NC[C@@H]1CCCN1c1nc(-c2ccncc2)c(-c2ccc3ccccc3c2)c2nncn12.Clc1nc(-c2ccncc2)c(-c2ccc3ccccc3c2)c2nncn12. The quantitative estimate of drug-likeness (QED) is 0.106. The highest BCUT2D eigenvalue weighted by molar-refractivity contribution is 6.29. The summed E-state index contributed by atoms with van der Waals surface area (Å²) in [4.78, 5) is 20.7. The van der Waals surface area contributed by atoms with Crippen molar-refractivity contribution in [3.8, 4) is 44.8 Å². The highest BCUT2D eigenvalue weighted by Gasteiger charge is 2.30. The first-order valence-corrected chi connectivity index (χ1v) is 25.1. The lowest BCUT2D eigenvalue weighted by atomic mass is 9.98. The molecule has 12 rings (SSSR count). The van der Waals surface area contributed by atoms with E-state index in [0.29, 0.717) is 29.1 Å². The van der Waals surface area contributed by atoms with E-state index in [0.717, 1.165) is 100 Å². The van der Waals surface area contributed by atoms with Crippen LogP contribution in [0.4, 0.5) is 5.95 Å². The maximum absolute atomic E-state index is 6.36. The number of benzene rings is 4. The molecule has 71 heavy (non-hydrogen) atoms. The molecule has 0 aliphatic carbocycles. The third kappa shape index (κ3) is 10.6. The molecule has 0 unspecified atom stereocenters. The predicted molar refractivity (Wildman–Crippen MR) is 287 cm³/mol. The molecule has 2 saturated heterocycles. The van der Waals surface area contributed by atoms with E-state index in [4.69, 9.17) is 16.6 Å². The minimum Gasteiger partial charge on any atom is -0.338 e. The van der Waals surface area contributed by atoms with Crippen LogP contribution in [0, 0.1) is 0 Å². The van der Waals surface area contributed by atoms with Crippen molar-refractivity contribution in [3.05, 3.63) is 152 Å². The van der Waals surface area contributed by atoms with Crippen LogP contribution in [0.25, 0.3) is 77.6 Å². The van der Waals surface area contributed by atoms with Crippen LogP contribution in [0.15, 0.2) is 147 Å². The molecule has 0 bridgehead atoms. The number of hydrogen-bond acceptors (Lipinski definition) is 12. The van der Waals surface area contributed by atoms with Crippen molar-refractivity contribution < 1.29 is 0 Å². The molecule has 3 N–H and O–H groups in total. The predicted octanol–water partition coefficient (Wildman–Crippen LogP) is 10.4. The van der Waals surface area contributed by atoms with Gasteiger partial charge in [0.25, 0.3) is 0 Å². The second-order valence-electron chi connectivity index (χ2n) is 18.8. The monoisotopic (exact) mass is 962 g/mol. The van der Waals surface area contributed by atoms with Gasteiger partial charge in [-0.3, -0.25) is 18.8 Å². The van der Waals surface area contributed by atoms with Gasteiger partial charge in [0.2, 0.25) is 11.2 Å². The van der Waals surface area contributed by atoms with E-state index >= 15 is 0 Å².